The topological polar surface area (TPSA) is 97.5 Å². The average Bonchev–Trinajstić information content (AvgIpc) is 3.17. The van der Waals surface area contributed by atoms with Crippen molar-refractivity contribution in [3.63, 3.8) is 0 Å². The minimum Gasteiger partial charge on any atom is -0.463 e. The molecule has 0 atom stereocenters. The summed E-state index contributed by atoms with van der Waals surface area (Å²) in [6.07, 6.45) is -2.05. The van der Waals surface area contributed by atoms with E-state index in [0.29, 0.717) is 22.4 Å². The quantitative estimate of drug-likeness (QED) is 0.474. The van der Waals surface area contributed by atoms with Crippen LogP contribution in [0.5, 0.6) is 11.6 Å². The summed E-state index contributed by atoms with van der Waals surface area (Å²) in [4.78, 5) is 20.4. The van der Waals surface area contributed by atoms with E-state index in [4.69, 9.17) is 14.3 Å². The number of nitrogens with one attached hydrogen (secondary N) is 1. The van der Waals surface area contributed by atoms with Crippen molar-refractivity contribution in [3.05, 3.63) is 77.9 Å². The largest absolute Gasteiger partial charge is 0.463 e. The third-order valence-electron chi connectivity index (χ3n) is 4.32. The van der Waals surface area contributed by atoms with Crippen LogP contribution in [-0.2, 0) is 12.8 Å². The fraction of sp³-hybridized carbons (Fsp3) is 0.0952. The summed E-state index contributed by atoms with van der Waals surface area (Å²) in [6, 6.07) is 10.5. The van der Waals surface area contributed by atoms with Gasteiger partial charge in [-0.1, -0.05) is 6.07 Å². The van der Waals surface area contributed by atoms with E-state index in [1.54, 1.807) is 12.1 Å². The fourth-order valence-electron chi connectivity index (χ4n) is 2.86. The third-order valence-corrected chi connectivity index (χ3v) is 4.32. The molecule has 7 nitrogen and oxygen atoms in total. The highest BCUT2D eigenvalue weighted by Crippen LogP contribution is 2.32. The van der Waals surface area contributed by atoms with Crippen LogP contribution in [0.1, 0.15) is 21.6 Å². The van der Waals surface area contributed by atoms with Crippen LogP contribution >= 0.6 is 0 Å². The predicted octanol–water partition coefficient (Wildman–Crippen LogP) is 4.78. The zero-order valence-corrected chi connectivity index (χ0v) is 15.7. The van der Waals surface area contributed by atoms with Gasteiger partial charge >= 0.3 is 6.18 Å². The number of halogens is 3. The van der Waals surface area contributed by atoms with Gasteiger partial charge in [-0.2, -0.15) is 13.2 Å². The lowest BCUT2D eigenvalue weighted by Gasteiger charge is -2.09. The number of benzene rings is 2. The number of aliphatic hydroxyl groups excluding tert-OH is 1. The van der Waals surface area contributed by atoms with E-state index >= 15 is 0 Å². The Morgan fingerprint density at radius 3 is 2.74 bits per heavy atom. The number of furan rings is 1. The molecule has 158 valence electrons. The highest BCUT2D eigenvalue weighted by Gasteiger charge is 2.30. The van der Waals surface area contributed by atoms with Crippen molar-refractivity contribution < 1.29 is 32.2 Å². The Morgan fingerprint density at radius 1 is 1.13 bits per heavy atom. The number of fused-ring (bicyclic) bond motifs is 1. The van der Waals surface area contributed by atoms with Crippen molar-refractivity contribution >= 4 is 22.6 Å². The Balaban J connectivity index is 1.54. The molecule has 0 radical (unpaired) electrons. The van der Waals surface area contributed by atoms with Gasteiger partial charge in [-0.15, -0.1) is 0 Å². The molecular weight excluding hydrogens is 415 g/mol. The number of rotatable bonds is 5. The Morgan fingerprint density at radius 2 is 1.97 bits per heavy atom. The van der Waals surface area contributed by atoms with E-state index in [2.05, 4.69) is 15.3 Å². The van der Waals surface area contributed by atoms with Gasteiger partial charge < -0.3 is 19.6 Å². The first-order valence-electron chi connectivity index (χ1n) is 8.93. The smallest absolute Gasteiger partial charge is 0.416 e. The molecule has 0 aliphatic heterocycles. The second-order valence-electron chi connectivity index (χ2n) is 6.45. The van der Waals surface area contributed by atoms with Crippen molar-refractivity contribution in [2.45, 2.75) is 12.8 Å². The fourth-order valence-corrected chi connectivity index (χ4v) is 2.86. The van der Waals surface area contributed by atoms with Gasteiger partial charge in [-0.25, -0.2) is 9.97 Å². The molecule has 0 unspecified atom stereocenters. The molecule has 2 N–H and O–H groups in total. The molecule has 0 saturated heterocycles. The number of aromatic nitrogens is 2. The standard InChI is InChI=1S/C21H14F3N3O4/c22-21(23,24)12-2-1-3-13(6-12)27-20(29)17-10-30-18-8-15(4-5-16(17)18)31-19-7-14(9-28)25-11-26-19/h1-8,10-11,28H,9H2,(H,27,29). The van der Waals surface area contributed by atoms with E-state index in [-0.39, 0.29) is 23.7 Å². The summed E-state index contributed by atoms with van der Waals surface area (Å²) in [5.74, 6) is -0.0307. The van der Waals surface area contributed by atoms with Crippen LogP contribution in [-0.4, -0.2) is 21.0 Å². The minimum absolute atomic E-state index is 0.0116. The number of anilines is 1. The van der Waals surface area contributed by atoms with Gasteiger partial charge in [0.1, 0.15) is 23.9 Å². The van der Waals surface area contributed by atoms with Gasteiger partial charge in [0.2, 0.25) is 5.88 Å². The number of ether oxygens (including phenoxy) is 1. The van der Waals surface area contributed by atoms with E-state index in [1.165, 1.54) is 36.9 Å². The van der Waals surface area contributed by atoms with Crippen molar-refractivity contribution in [1.29, 1.82) is 0 Å². The molecular formula is C21H14F3N3O4. The van der Waals surface area contributed by atoms with Gasteiger partial charge in [0, 0.05) is 23.2 Å². The monoisotopic (exact) mass is 429 g/mol. The molecule has 0 aliphatic rings. The van der Waals surface area contributed by atoms with Crippen molar-refractivity contribution in [1.82, 2.24) is 9.97 Å². The summed E-state index contributed by atoms with van der Waals surface area (Å²) in [5, 5.41) is 12.0. The molecule has 4 rings (SSSR count). The van der Waals surface area contributed by atoms with Crippen molar-refractivity contribution in [2.75, 3.05) is 5.32 Å². The summed E-state index contributed by atoms with van der Waals surface area (Å²) in [5.41, 5.74) is 0.0279. The first kappa shape index (κ1) is 20.4. The lowest BCUT2D eigenvalue weighted by Crippen LogP contribution is -2.12. The van der Waals surface area contributed by atoms with Crippen LogP contribution in [0.25, 0.3) is 11.0 Å². The van der Waals surface area contributed by atoms with Gasteiger partial charge in [-0.05, 0) is 30.3 Å². The number of amides is 1. The minimum atomic E-state index is -4.51. The van der Waals surface area contributed by atoms with Crippen molar-refractivity contribution in [3.8, 4) is 11.6 Å². The normalized spacial score (nSPS) is 11.5. The molecule has 10 heteroatoms. The number of hydrogen-bond donors (Lipinski definition) is 2. The maximum Gasteiger partial charge on any atom is 0.416 e. The lowest BCUT2D eigenvalue weighted by molar-refractivity contribution is -0.137. The Kier molecular flexibility index (Phi) is 5.30. The first-order valence-corrected chi connectivity index (χ1v) is 8.93. The molecule has 0 saturated carbocycles. The van der Waals surface area contributed by atoms with E-state index in [0.717, 1.165) is 12.1 Å². The summed E-state index contributed by atoms with van der Waals surface area (Å²) in [7, 11) is 0. The molecule has 2 aromatic carbocycles. The first-order chi connectivity index (χ1) is 14.8. The van der Waals surface area contributed by atoms with Gasteiger partial charge in [0.25, 0.3) is 5.91 Å². The van der Waals surface area contributed by atoms with Crippen LogP contribution in [0.15, 0.2) is 65.5 Å². The highest BCUT2D eigenvalue weighted by atomic mass is 19.4. The molecule has 0 aliphatic carbocycles. The zero-order valence-electron chi connectivity index (χ0n) is 15.7. The van der Waals surface area contributed by atoms with Gasteiger partial charge in [0.05, 0.1) is 23.4 Å². The number of carbonyl (C=O) groups excluding carboxylic acids is 1. The maximum atomic E-state index is 12.9. The number of aliphatic hydroxyl groups is 1. The van der Waals surface area contributed by atoms with E-state index < -0.39 is 17.6 Å². The summed E-state index contributed by atoms with van der Waals surface area (Å²) < 4.78 is 49.6. The SMILES string of the molecule is O=C(Nc1cccc(C(F)(F)F)c1)c1coc2cc(Oc3cc(CO)ncn3)ccc12. The van der Waals surface area contributed by atoms with Crippen LogP contribution in [0.2, 0.25) is 0 Å². The summed E-state index contributed by atoms with van der Waals surface area (Å²) in [6.45, 7) is -0.263. The van der Waals surface area contributed by atoms with E-state index in [9.17, 15) is 18.0 Å². The summed E-state index contributed by atoms with van der Waals surface area (Å²) >= 11 is 0. The number of hydrogen-bond acceptors (Lipinski definition) is 6. The molecule has 1 amide bonds. The second-order valence-corrected chi connectivity index (χ2v) is 6.45. The molecule has 31 heavy (non-hydrogen) atoms. The Labute approximate surface area is 173 Å². The third kappa shape index (κ3) is 4.48. The Bertz CT molecular complexity index is 1250. The maximum absolute atomic E-state index is 12.9. The molecule has 0 bridgehead atoms. The number of nitrogens with zero attached hydrogens (tertiary/aromatic N) is 2. The van der Waals surface area contributed by atoms with Crippen LogP contribution in [0.3, 0.4) is 0 Å². The number of alkyl halides is 3. The van der Waals surface area contributed by atoms with Crippen LogP contribution in [0, 0.1) is 0 Å². The van der Waals surface area contributed by atoms with Crippen LogP contribution < -0.4 is 10.1 Å². The molecule has 2 heterocycles. The van der Waals surface area contributed by atoms with E-state index in [1.807, 2.05) is 0 Å². The molecule has 0 fully saturated rings. The zero-order chi connectivity index (χ0) is 22.0. The van der Waals surface area contributed by atoms with Gasteiger partial charge in [-0.3, -0.25) is 4.79 Å². The second kappa shape index (κ2) is 8.07. The molecule has 4 aromatic rings. The predicted molar refractivity (Wildman–Crippen MR) is 104 cm³/mol. The molecule has 2 aromatic heterocycles. The van der Waals surface area contributed by atoms with Gasteiger partial charge in [0.15, 0.2) is 0 Å². The lowest BCUT2D eigenvalue weighted by atomic mass is 10.1. The average molecular weight is 429 g/mol. The Hall–Kier alpha value is -3.92. The molecule has 0 spiro atoms. The highest BCUT2D eigenvalue weighted by molar-refractivity contribution is 6.12. The van der Waals surface area contributed by atoms with Crippen molar-refractivity contribution in [2.24, 2.45) is 0 Å². The number of carbonyl (C=O) groups is 1. The van der Waals surface area contributed by atoms with Crippen LogP contribution in [0.4, 0.5) is 18.9 Å².